The number of ether oxygens (including phenoxy) is 1. The summed E-state index contributed by atoms with van der Waals surface area (Å²) in [6, 6.07) is 13.6. The molecule has 0 aliphatic heterocycles. The molecule has 0 aliphatic carbocycles. The molecule has 4 nitrogen and oxygen atoms in total. The Morgan fingerprint density at radius 2 is 1.86 bits per heavy atom. The third-order valence-corrected chi connectivity index (χ3v) is 3.83. The molecule has 0 atom stereocenters. The number of aromatic nitrogens is 2. The summed E-state index contributed by atoms with van der Waals surface area (Å²) in [5.41, 5.74) is 2.92. The molecule has 2 aromatic carbocycles. The lowest BCUT2D eigenvalue weighted by Gasteiger charge is -2.03. The Kier molecular flexibility index (Phi) is 3.75. The summed E-state index contributed by atoms with van der Waals surface area (Å²) < 4.78 is 11.5. The number of aryl methyl sites for hydroxylation is 1. The van der Waals surface area contributed by atoms with Gasteiger partial charge in [0.15, 0.2) is 0 Å². The molecule has 5 heteroatoms. The first-order chi connectivity index (χ1) is 10.2. The Morgan fingerprint density at radius 3 is 2.57 bits per heavy atom. The van der Waals surface area contributed by atoms with Crippen LogP contribution >= 0.6 is 15.9 Å². The minimum absolute atomic E-state index is 0.455. The summed E-state index contributed by atoms with van der Waals surface area (Å²) in [6.07, 6.45) is 0. The fraction of sp³-hybridized carbons (Fsp3) is 0.125. The van der Waals surface area contributed by atoms with Crippen LogP contribution in [-0.4, -0.2) is 17.3 Å². The van der Waals surface area contributed by atoms with Crippen molar-refractivity contribution in [2.45, 2.75) is 6.92 Å². The van der Waals surface area contributed by atoms with Crippen LogP contribution in [0.2, 0.25) is 0 Å². The fourth-order valence-electron chi connectivity index (χ4n) is 1.95. The zero-order chi connectivity index (χ0) is 14.8. The van der Waals surface area contributed by atoms with E-state index in [-0.39, 0.29) is 0 Å². The third-order valence-electron chi connectivity index (χ3n) is 3.14. The highest BCUT2D eigenvalue weighted by Crippen LogP contribution is 2.31. The van der Waals surface area contributed by atoms with E-state index in [0.717, 1.165) is 21.3 Å². The molecule has 0 amide bonds. The molecule has 0 spiro atoms. The lowest BCUT2D eigenvalue weighted by Crippen LogP contribution is -1.86. The molecule has 106 valence electrons. The number of methoxy groups -OCH3 is 1. The first kappa shape index (κ1) is 13.8. The second-order valence-corrected chi connectivity index (χ2v) is 5.49. The minimum Gasteiger partial charge on any atom is -0.497 e. The second kappa shape index (κ2) is 5.69. The zero-order valence-electron chi connectivity index (χ0n) is 11.6. The lowest BCUT2D eigenvalue weighted by atomic mass is 10.1. The topological polar surface area (TPSA) is 48.2 Å². The molecule has 0 fully saturated rings. The number of rotatable bonds is 3. The van der Waals surface area contributed by atoms with E-state index in [1.807, 2.05) is 49.4 Å². The van der Waals surface area contributed by atoms with Crippen LogP contribution in [0.25, 0.3) is 22.8 Å². The predicted molar refractivity (Wildman–Crippen MR) is 84.2 cm³/mol. The van der Waals surface area contributed by atoms with Gasteiger partial charge < -0.3 is 9.26 Å². The summed E-state index contributed by atoms with van der Waals surface area (Å²) >= 11 is 3.49. The van der Waals surface area contributed by atoms with E-state index < -0.39 is 0 Å². The van der Waals surface area contributed by atoms with Crippen LogP contribution in [0.5, 0.6) is 5.75 Å². The van der Waals surface area contributed by atoms with E-state index in [0.29, 0.717) is 11.7 Å². The predicted octanol–water partition coefficient (Wildman–Crippen LogP) is 4.48. The molecule has 0 unspecified atom stereocenters. The van der Waals surface area contributed by atoms with Gasteiger partial charge in [0.2, 0.25) is 5.82 Å². The summed E-state index contributed by atoms with van der Waals surface area (Å²) in [6.45, 7) is 2.04. The molecule has 1 aromatic heterocycles. The molecule has 0 saturated heterocycles. The smallest absolute Gasteiger partial charge is 0.259 e. The van der Waals surface area contributed by atoms with Gasteiger partial charge in [0.05, 0.1) is 12.7 Å². The third kappa shape index (κ3) is 2.83. The quantitative estimate of drug-likeness (QED) is 0.702. The highest BCUT2D eigenvalue weighted by atomic mass is 79.9. The van der Waals surface area contributed by atoms with Gasteiger partial charge >= 0.3 is 0 Å². The maximum atomic E-state index is 5.37. The first-order valence-electron chi connectivity index (χ1n) is 6.42. The molecule has 3 aromatic rings. The summed E-state index contributed by atoms with van der Waals surface area (Å²) in [5.74, 6) is 1.76. The monoisotopic (exact) mass is 344 g/mol. The van der Waals surface area contributed by atoms with Gasteiger partial charge in [-0.05, 0) is 41.1 Å². The summed E-state index contributed by atoms with van der Waals surface area (Å²) in [5, 5.41) is 4.04. The van der Waals surface area contributed by atoms with Crippen LogP contribution < -0.4 is 4.74 Å². The first-order valence-corrected chi connectivity index (χ1v) is 7.21. The van der Waals surface area contributed by atoms with Gasteiger partial charge in [-0.3, -0.25) is 0 Å². The maximum Gasteiger partial charge on any atom is 0.259 e. The van der Waals surface area contributed by atoms with Gasteiger partial charge in [-0.15, -0.1) is 0 Å². The second-order valence-electron chi connectivity index (χ2n) is 4.63. The van der Waals surface area contributed by atoms with Crippen LogP contribution in [0, 0.1) is 6.92 Å². The minimum atomic E-state index is 0.455. The van der Waals surface area contributed by atoms with Crippen molar-refractivity contribution in [3.63, 3.8) is 0 Å². The Balaban J connectivity index is 2.00. The van der Waals surface area contributed by atoms with E-state index >= 15 is 0 Å². The van der Waals surface area contributed by atoms with Gasteiger partial charge in [-0.25, -0.2) is 0 Å². The number of hydrogen-bond acceptors (Lipinski definition) is 4. The molecule has 21 heavy (non-hydrogen) atoms. The highest BCUT2D eigenvalue weighted by molar-refractivity contribution is 9.10. The molecule has 0 aliphatic rings. The Morgan fingerprint density at radius 1 is 1.10 bits per heavy atom. The van der Waals surface area contributed by atoms with Crippen molar-refractivity contribution in [2.24, 2.45) is 0 Å². The molecule has 3 rings (SSSR count). The van der Waals surface area contributed by atoms with E-state index in [1.54, 1.807) is 7.11 Å². The standard InChI is InChI=1S/C16H13BrN2O2/c1-10-3-5-11(6-4-10)15-18-16(21-19-15)13-9-12(20-2)7-8-14(13)17/h3-9H,1-2H3. The van der Waals surface area contributed by atoms with E-state index in [4.69, 9.17) is 9.26 Å². The van der Waals surface area contributed by atoms with Gasteiger partial charge in [-0.1, -0.05) is 35.0 Å². The molecule has 0 N–H and O–H groups in total. The normalized spacial score (nSPS) is 10.6. The molecule has 0 saturated carbocycles. The van der Waals surface area contributed by atoms with Crippen LogP contribution in [0.1, 0.15) is 5.56 Å². The average Bonchev–Trinajstić information content (AvgIpc) is 2.98. The highest BCUT2D eigenvalue weighted by Gasteiger charge is 2.14. The molecule has 0 radical (unpaired) electrons. The number of hydrogen-bond donors (Lipinski definition) is 0. The maximum absolute atomic E-state index is 5.37. The van der Waals surface area contributed by atoms with Gasteiger partial charge in [0.25, 0.3) is 5.89 Å². The Bertz CT molecular complexity index is 766. The van der Waals surface area contributed by atoms with E-state index in [9.17, 15) is 0 Å². The summed E-state index contributed by atoms with van der Waals surface area (Å²) in [7, 11) is 1.62. The SMILES string of the molecule is COc1ccc(Br)c(-c2nc(-c3ccc(C)cc3)no2)c1. The van der Waals surface area contributed by atoms with Crippen LogP contribution in [0.4, 0.5) is 0 Å². The summed E-state index contributed by atoms with van der Waals surface area (Å²) in [4.78, 5) is 4.45. The van der Waals surface area contributed by atoms with Gasteiger partial charge in [-0.2, -0.15) is 4.98 Å². The van der Waals surface area contributed by atoms with Crippen molar-refractivity contribution < 1.29 is 9.26 Å². The van der Waals surface area contributed by atoms with Crippen molar-refractivity contribution in [1.82, 2.24) is 10.1 Å². The number of benzene rings is 2. The fourth-order valence-corrected chi connectivity index (χ4v) is 2.36. The van der Waals surface area contributed by atoms with E-state index in [1.165, 1.54) is 5.56 Å². The van der Waals surface area contributed by atoms with Crippen molar-refractivity contribution in [3.05, 3.63) is 52.5 Å². The van der Waals surface area contributed by atoms with Crippen molar-refractivity contribution in [1.29, 1.82) is 0 Å². The zero-order valence-corrected chi connectivity index (χ0v) is 13.2. The van der Waals surface area contributed by atoms with Gasteiger partial charge in [0.1, 0.15) is 5.75 Å². The van der Waals surface area contributed by atoms with Gasteiger partial charge in [0, 0.05) is 10.0 Å². The molecular weight excluding hydrogens is 332 g/mol. The lowest BCUT2D eigenvalue weighted by molar-refractivity contribution is 0.413. The molecule has 1 heterocycles. The van der Waals surface area contributed by atoms with Crippen molar-refractivity contribution >= 4 is 15.9 Å². The number of halogens is 1. The van der Waals surface area contributed by atoms with E-state index in [2.05, 4.69) is 26.1 Å². The van der Waals surface area contributed by atoms with Crippen molar-refractivity contribution in [3.8, 4) is 28.6 Å². The Labute approximate surface area is 130 Å². The Hall–Kier alpha value is -2.14. The molecular formula is C16H13BrN2O2. The molecule has 0 bridgehead atoms. The van der Waals surface area contributed by atoms with Crippen LogP contribution in [0.3, 0.4) is 0 Å². The average molecular weight is 345 g/mol. The van der Waals surface area contributed by atoms with Crippen LogP contribution in [-0.2, 0) is 0 Å². The van der Waals surface area contributed by atoms with Crippen LogP contribution in [0.15, 0.2) is 51.5 Å². The van der Waals surface area contributed by atoms with Crippen molar-refractivity contribution in [2.75, 3.05) is 7.11 Å². The number of nitrogens with zero attached hydrogens (tertiary/aromatic N) is 2. The largest absolute Gasteiger partial charge is 0.497 e.